The number of rotatable bonds is 4. The van der Waals surface area contributed by atoms with Crippen LogP contribution < -0.4 is 10.6 Å². The number of halogens is 3. The first kappa shape index (κ1) is 19.1. The van der Waals surface area contributed by atoms with Crippen LogP contribution in [0.3, 0.4) is 0 Å². The lowest BCUT2D eigenvalue weighted by molar-refractivity contribution is -0.138. The molecule has 2 unspecified atom stereocenters. The van der Waals surface area contributed by atoms with Crippen molar-refractivity contribution >= 4 is 5.96 Å². The van der Waals surface area contributed by atoms with E-state index in [1.165, 1.54) is 12.1 Å². The molecular formula is C23H20F3N3. The Bertz CT molecular complexity index is 936. The van der Waals surface area contributed by atoms with Crippen LogP contribution in [0.25, 0.3) is 0 Å². The fourth-order valence-electron chi connectivity index (χ4n) is 3.57. The van der Waals surface area contributed by atoms with Gasteiger partial charge in [0.05, 0.1) is 24.2 Å². The molecule has 0 aromatic heterocycles. The maximum atomic E-state index is 13.2. The molecule has 1 aliphatic heterocycles. The SMILES string of the molecule is FC(F)(F)c1ccccc1CN=C1NC(c2ccccc2)C(c2ccccc2)N1. The summed E-state index contributed by atoms with van der Waals surface area (Å²) in [6.07, 6.45) is -4.40. The van der Waals surface area contributed by atoms with Crippen LogP contribution in [0.2, 0.25) is 0 Å². The Kier molecular flexibility index (Phi) is 5.25. The molecule has 6 heteroatoms. The molecule has 148 valence electrons. The minimum absolute atomic E-state index is 0.0615. The van der Waals surface area contributed by atoms with E-state index < -0.39 is 11.7 Å². The second-order valence-corrected chi connectivity index (χ2v) is 6.89. The summed E-state index contributed by atoms with van der Waals surface area (Å²) in [6.45, 7) is -0.0615. The van der Waals surface area contributed by atoms with E-state index >= 15 is 0 Å². The van der Waals surface area contributed by atoms with Crippen molar-refractivity contribution in [3.63, 3.8) is 0 Å². The first-order valence-electron chi connectivity index (χ1n) is 9.35. The molecule has 2 N–H and O–H groups in total. The molecule has 4 rings (SSSR count). The standard InChI is InChI=1S/C23H20F3N3/c24-23(25,26)19-14-8-7-13-18(19)15-27-22-28-20(16-9-3-1-4-10-16)21(29-22)17-11-5-2-6-12-17/h1-14,20-21H,15H2,(H2,27,28,29). The second kappa shape index (κ2) is 7.99. The fraction of sp³-hybridized carbons (Fsp3) is 0.174. The second-order valence-electron chi connectivity index (χ2n) is 6.89. The van der Waals surface area contributed by atoms with Gasteiger partial charge >= 0.3 is 6.18 Å². The van der Waals surface area contributed by atoms with Crippen molar-refractivity contribution in [3.05, 3.63) is 107 Å². The molecule has 1 saturated heterocycles. The molecule has 29 heavy (non-hydrogen) atoms. The zero-order chi connectivity index (χ0) is 20.3. The van der Waals surface area contributed by atoms with Gasteiger partial charge in [-0.3, -0.25) is 0 Å². The van der Waals surface area contributed by atoms with Crippen molar-refractivity contribution in [2.24, 2.45) is 4.99 Å². The minimum atomic E-state index is -4.40. The van der Waals surface area contributed by atoms with Gasteiger partial charge in [0.15, 0.2) is 5.96 Å². The fourth-order valence-corrected chi connectivity index (χ4v) is 3.57. The molecule has 3 aromatic rings. The van der Waals surface area contributed by atoms with Crippen LogP contribution in [0.4, 0.5) is 13.2 Å². The summed E-state index contributed by atoms with van der Waals surface area (Å²) in [5, 5.41) is 6.68. The van der Waals surface area contributed by atoms with E-state index in [0.29, 0.717) is 5.96 Å². The first-order valence-corrected chi connectivity index (χ1v) is 9.35. The zero-order valence-electron chi connectivity index (χ0n) is 15.5. The summed E-state index contributed by atoms with van der Waals surface area (Å²) in [5.41, 5.74) is 1.65. The highest BCUT2D eigenvalue weighted by Gasteiger charge is 2.34. The molecule has 0 aliphatic carbocycles. The van der Waals surface area contributed by atoms with E-state index in [-0.39, 0.29) is 24.2 Å². The summed E-state index contributed by atoms with van der Waals surface area (Å²) < 4.78 is 39.7. The first-order chi connectivity index (χ1) is 14.0. The van der Waals surface area contributed by atoms with E-state index in [9.17, 15) is 13.2 Å². The number of benzene rings is 3. The average molecular weight is 395 g/mol. The summed E-state index contributed by atoms with van der Waals surface area (Å²) in [4.78, 5) is 4.41. The van der Waals surface area contributed by atoms with Crippen LogP contribution in [0.5, 0.6) is 0 Å². The molecule has 0 saturated carbocycles. The third-order valence-corrected chi connectivity index (χ3v) is 4.97. The number of nitrogens with zero attached hydrogens (tertiary/aromatic N) is 1. The van der Waals surface area contributed by atoms with Gasteiger partial charge in [-0.05, 0) is 22.8 Å². The summed E-state index contributed by atoms with van der Waals surface area (Å²) >= 11 is 0. The lowest BCUT2D eigenvalue weighted by Crippen LogP contribution is -2.25. The van der Waals surface area contributed by atoms with E-state index in [0.717, 1.165) is 17.2 Å². The molecule has 3 nitrogen and oxygen atoms in total. The molecular weight excluding hydrogens is 375 g/mol. The Hall–Kier alpha value is -3.28. The van der Waals surface area contributed by atoms with Gasteiger partial charge in [-0.25, -0.2) is 4.99 Å². The summed E-state index contributed by atoms with van der Waals surface area (Å²) in [7, 11) is 0. The quantitative estimate of drug-likeness (QED) is 0.634. The number of guanidine groups is 1. The Balaban J connectivity index is 1.61. The van der Waals surface area contributed by atoms with Gasteiger partial charge < -0.3 is 10.6 Å². The highest BCUT2D eigenvalue weighted by Crippen LogP contribution is 2.34. The maximum absolute atomic E-state index is 13.2. The monoisotopic (exact) mass is 395 g/mol. The highest BCUT2D eigenvalue weighted by atomic mass is 19.4. The van der Waals surface area contributed by atoms with Crippen molar-refractivity contribution in [2.75, 3.05) is 0 Å². The van der Waals surface area contributed by atoms with Crippen LogP contribution in [-0.2, 0) is 12.7 Å². The van der Waals surface area contributed by atoms with Crippen molar-refractivity contribution in [2.45, 2.75) is 24.8 Å². The van der Waals surface area contributed by atoms with Gasteiger partial charge in [-0.15, -0.1) is 0 Å². The maximum Gasteiger partial charge on any atom is 0.416 e. The van der Waals surface area contributed by atoms with Gasteiger partial charge in [-0.1, -0.05) is 78.9 Å². The normalized spacial score (nSPS) is 18.8. The van der Waals surface area contributed by atoms with Crippen LogP contribution in [0.15, 0.2) is 89.9 Å². The molecule has 2 atom stereocenters. The van der Waals surface area contributed by atoms with Crippen molar-refractivity contribution in [1.82, 2.24) is 10.6 Å². The summed E-state index contributed by atoms with van der Waals surface area (Å²) in [5.74, 6) is 0.490. The summed E-state index contributed by atoms with van der Waals surface area (Å²) in [6, 6.07) is 25.3. The Morgan fingerprint density at radius 2 is 1.17 bits per heavy atom. The van der Waals surface area contributed by atoms with Gasteiger partial charge in [-0.2, -0.15) is 13.2 Å². The van der Waals surface area contributed by atoms with Gasteiger partial charge in [0.2, 0.25) is 0 Å². The Morgan fingerprint density at radius 1 is 0.690 bits per heavy atom. The van der Waals surface area contributed by atoms with Crippen LogP contribution in [0.1, 0.15) is 34.3 Å². The number of nitrogens with one attached hydrogen (secondary N) is 2. The van der Waals surface area contributed by atoms with Crippen LogP contribution in [-0.4, -0.2) is 5.96 Å². The molecule has 1 heterocycles. The number of hydrogen-bond donors (Lipinski definition) is 2. The minimum Gasteiger partial charge on any atom is -0.347 e. The van der Waals surface area contributed by atoms with Gasteiger partial charge in [0.1, 0.15) is 0 Å². The van der Waals surface area contributed by atoms with Crippen molar-refractivity contribution in [1.29, 1.82) is 0 Å². The van der Waals surface area contributed by atoms with Crippen molar-refractivity contribution in [3.8, 4) is 0 Å². The Morgan fingerprint density at radius 3 is 1.69 bits per heavy atom. The number of aliphatic imine (C=N–C) groups is 1. The van der Waals surface area contributed by atoms with E-state index in [4.69, 9.17) is 0 Å². The smallest absolute Gasteiger partial charge is 0.347 e. The topological polar surface area (TPSA) is 36.4 Å². The van der Waals surface area contributed by atoms with Crippen molar-refractivity contribution < 1.29 is 13.2 Å². The Labute approximate surface area is 167 Å². The van der Waals surface area contributed by atoms with Crippen LogP contribution >= 0.6 is 0 Å². The molecule has 1 aliphatic rings. The predicted octanol–water partition coefficient (Wildman–Crippen LogP) is 5.24. The van der Waals surface area contributed by atoms with E-state index in [1.54, 1.807) is 6.07 Å². The highest BCUT2D eigenvalue weighted by molar-refractivity contribution is 5.83. The molecule has 3 aromatic carbocycles. The average Bonchev–Trinajstić information content (AvgIpc) is 3.17. The lowest BCUT2D eigenvalue weighted by Gasteiger charge is -2.19. The van der Waals surface area contributed by atoms with E-state index in [1.807, 2.05) is 60.7 Å². The molecule has 0 radical (unpaired) electrons. The zero-order valence-corrected chi connectivity index (χ0v) is 15.5. The molecule has 0 spiro atoms. The van der Waals surface area contributed by atoms with Crippen LogP contribution in [0, 0.1) is 0 Å². The third kappa shape index (κ3) is 4.26. The van der Waals surface area contributed by atoms with E-state index in [2.05, 4.69) is 15.6 Å². The predicted molar refractivity (Wildman–Crippen MR) is 107 cm³/mol. The number of hydrogen-bond acceptors (Lipinski definition) is 1. The lowest BCUT2D eigenvalue weighted by atomic mass is 9.95. The molecule has 0 amide bonds. The molecule has 1 fully saturated rings. The van der Waals surface area contributed by atoms with Gasteiger partial charge in [0.25, 0.3) is 0 Å². The van der Waals surface area contributed by atoms with Gasteiger partial charge in [0, 0.05) is 0 Å². The third-order valence-electron chi connectivity index (χ3n) is 4.97. The largest absolute Gasteiger partial charge is 0.416 e. The molecule has 0 bridgehead atoms. The number of alkyl halides is 3.